The minimum absolute atomic E-state index is 0. The molecule has 1 aliphatic heterocycles. The summed E-state index contributed by atoms with van der Waals surface area (Å²) in [6.45, 7) is 1.51. The molecule has 1 unspecified atom stereocenters. The van der Waals surface area contributed by atoms with E-state index < -0.39 is 10.0 Å². The van der Waals surface area contributed by atoms with Crippen molar-refractivity contribution >= 4 is 38.4 Å². The molecule has 0 saturated carbocycles. The van der Waals surface area contributed by atoms with Crippen LogP contribution in [0.4, 0.5) is 0 Å². The van der Waals surface area contributed by atoms with Crippen LogP contribution < -0.4 is 14.8 Å². The van der Waals surface area contributed by atoms with Gasteiger partial charge in [-0.05, 0) is 41.0 Å². The fourth-order valence-corrected chi connectivity index (χ4v) is 4.10. The van der Waals surface area contributed by atoms with Crippen molar-refractivity contribution in [3.63, 3.8) is 0 Å². The highest BCUT2D eigenvalue weighted by Crippen LogP contribution is 2.26. The lowest BCUT2D eigenvalue weighted by Crippen LogP contribution is -2.36. The zero-order valence-corrected chi connectivity index (χ0v) is 13.6. The van der Waals surface area contributed by atoms with Gasteiger partial charge in [-0.15, -0.1) is 12.4 Å². The van der Waals surface area contributed by atoms with E-state index >= 15 is 0 Å². The molecular formula is C11H16BrClN2O3S. The molecule has 0 bridgehead atoms. The highest BCUT2D eigenvalue weighted by atomic mass is 79.9. The Labute approximate surface area is 127 Å². The second-order valence-electron chi connectivity index (χ2n) is 4.11. The third kappa shape index (κ3) is 4.06. The molecule has 1 fully saturated rings. The van der Waals surface area contributed by atoms with Crippen LogP contribution in [-0.4, -0.2) is 34.7 Å². The van der Waals surface area contributed by atoms with Crippen LogP contribution in [0.25, 0.3) is 0 Å². The Kier molecular flexibility index (Phi) is 6.07. The summed E-state index contributed by atoms with van der Waals surface area (Å²) in [6, 6.07) is 4.84. The highest BCUT2D eigenvalue weighted by Gasteiger charge is 2.24. The predicted molar refractivity (Wildman–Crippen MR) is 79.5 cm³/mol. The number of hydrogen-bond acceptors (Lipinski definition) is 4. The van der Waals surface area contributed by atoms with Crippen LogP contribution in [0, 0.1) is 0 Å². The summed E-state index contributed by atoms with van der Waals surface area (Å²) >= 11 is 3.25. The molecule has 0 aromatic heterocycles. The molecule has 1 aromatic carbocycles. The van der Waals surface area contributed by atoms with Crippen molar-refractivity contribution in [2.75, 3.05) is 20.2 Å². The molecule has 0 radical (unpaired) electrons. The van der Waals surface area contributed by atoms with E-state index in [-0.39, 0.29) is 23.3 Å². The van der Waals surface area contributed by atoms with Crippen LogP contribution in [-0.2, 0) is 10.0 Å². The maximum absolute atomic E-state index is 12.3. The fourth-order valence-electron chi connectivity index (χ4n) is 1.85. The van der Waals surface area contributed by atoms with Gasteiger partial charge in [-0.25, -0.2) is 13.1 Å². The van der Waals surface area contributed by atoms with Gasteiger partial charge in [0, 0.05) is 23.1 Å². The third-order valence-corrected chi connectivity index (χ3v) is 5.32. The van der Waals surface area contributed by atoms with E-state index in [2.05, 4.69) is 26.0 Å². The summed E-state index contributed by atoms with van der Waals surface area (Å²) in [5, 5.41) is 3.12. The molecular weight excluding hydrogens is 356 g/mol. The molecule has 2 N–H and O–H groups in total. The highest BCUT2D eigenvalue weighted by molar-refractivity contribution is 9.10. The lowest BCUT2D eigenvalue weighted by Gasteiger charge is -2.13. The van der Waals surface area contributed by atoms with Crippen LogP contribution in [0.2, 0.25) is 0 Å². The second kappa shape index (κ2) is 6.90. The standard InChI is InChI=1S/C11H15BrN2O3S.ClH/c1-17-9-2-3-10(12)11(6-9)18(15,16)14-8-4-5-13-7-8;/h2-3,6,8,13-14H,4-5,7H2,1H3;1H. The molecule has 1 saturated heterocycles. The lowest BCUT2D eigenvalue weighted by molar-refractivity contribution is 0.413. The first-order chi connectivity index (χ1) is 8.53. The molecule has 19 heavy (non-hydrogen) atoms. The number of hydrogen-bond donors (Lipinski definition) is 2. The van der Waals surface area contributed by atoms with Gasteiger partial charge < -0.3 is 10.1 Å². The number of rotatable bonds is 4. The van der Waals surface area contributed by atoms with Crippen molar-refractivity contribution in [3.8, 4) is 5.75 Å². The van der Waals surface area contributed by atoms with Crippen LogP contribution >= 0.6 is 28.3 Å². The SMILES string of the molecule is COc1ccc(Br)c(S(=O)(=O)NC2CCNC2)c1.Cl. The smallest absolute Gasteiger partial charge is 0.242 e. The van der Waals surface area contributed by atoms with E-state index in [0.717, 1.165) is 13.0 Å². The van der Waals surface area contributed by atoms with Crippen LogP contribution in [0.15, 0.2) is 27.6 Å². The van der Waals surface area contributed by atoms with Gasteiger partial charge in [-0.3, -0.25) is 0 Å². The largest absolute Gasteiger partial charge is 0.497 e. The molecule has 8 heteroatoms. The maximum Gasteiger partial charge on any atom is 0.242 e. The van der Waals surface area contributed by atoms with E-state index in [0.29, 0.717) is 16.8 Å². The van der Waals surface area contributed by atoms with Crippen molar-refractivity contribution in [3.05, 3.63) is 22.7 Å². The quantitative estimate of drug-likeness (QED) is 0.842. The Bertz CT molecular complexity index is 533. The molecule has 5 nitrogen and oxygen atoms in total. The van der Waals surface area contributed by atoms with Crippen molar-refractivity contribution in [2.24, 2.45) is 0 Å². The van der Waals surface area contributed by atoms with E-state index in [1.807, 2.05) is 0 Å². The van der Waals surface area contributed by atoms with Crippen molar-refractivity contribution < 1.29 is 13.2 Å². The van der Waals surface area contributed by atoms with Crippen LogP contribution in [0.3, 0.4) is 0 Å². The summed E-state index contributed by atoms with van der Waals surface area (Å²) in [7, 11) is -2.02. The Hall–Kier alpha value is -0.340. The topological polar surface area (TPSA) is 67.4 Å². The summed E-state index contributed by atoms with van der Waals surface area (Å²) < 4.78 is 32.8. The molecule has 1 heterocycles. The van der Waals surface area contributed by atoms with Gasteiger partial charge in [0.05, 0.1) is 12.0 Å². The summed E-state index contributed by atoms with van der Waals surface area (Å²) in [5.74, 6) is 0.517. The molecule has 0 amide bonds. The first-order valence-corrected chi connectivity index (χ1v) is 7.87. The van der Waals surface area contributed by atoms with Gasteiger partial charge in [0.15, 0.2) is 0 Å². The minimum atomic E-state index is -3.52. The predicted octanol–water partition coefficient (Wildman–Crippen LogP) is 1.52. The zero-order valence-electron chi connectivity index (χ0n) is 10.3. The van der Waals surface area contributed by atoms with E-state index in [1.165, 1.54) is 13.2 Å². The van der Waals surface area contributed by atoms with Crippen molar-refractivity contribution in [1.29, 1.82) is 0 Å². The molecule has 1 aliphatic rings. The van der Waals surface area contributed by atoms with Gasteiger partial charge in [0.1, 0.15) is 5.75 Å². The second-order valence-corrected chi connectivity index (χ2v) is 6.64. The number of benzene rings is 1. The molecule has 2 rings (SSSR count). The number of sulfonamides is 1. The Balaban J connectivity index is 0.00000180. The number of nitrogens with one attached hydrogen (secondary N) is 2. The van der Waals surface area contributed by atoms with Crippen LogP contribution in [0.5, 0.6) is 5.75 Å². The van der Waals surface area contributed by atoms with Gasteiger partial charge in [0.25, 0.3) is 0 Å². The van der Waals surface area contributed by atoms with Crippen molar-refractivity contribution in [2.45, 2.75) is 17.4 Å². The van der Waals surface area contributed by atoms with Gasteiger partial charge in [-0.1, -0.05) is 0 Å². The van der Waals surface area contributed by atoms with Gasteiger partial charge in [0.2, 0.25) is 10.0 Å². The monoisotopic (exact) mass is 370 g/mol. The first kappa shape index (κ1) is 16.7. The lowest BCUT2D eigenvalue weighted by atomic mass is 10.3. The molecule has 0 aliphatic carbocycles. The summed E-state index contributed by atoms with van der Waals surface area (Å²) in [4.78, 5) is 0.203. The van der Waals surface area contributed by atoms with E-state index in [9.17, 15) is 8.42 Å². The zero-order chi connectivity index (χ0) is 13.2. The number of halogens is 2. The summed E-state index contributed by atoms with van der Waals surface area (Å²) in [5.41, 5.74) is 0. The first-order valence-electron chi connectivity index (χ1n) is 5.59. The average molecular weight is 372 g/mol. The maximum atomic E-state index is 12.3. The molecule has 108 valence electrons. The van der Waals surface area contributed by atoms with Crippen molar-refractivity contribution in [1.82, 2.24) is 10.0 Å². The van der Waals surface area contributed by atoms with Crippen LogP contribution in [0.1, 0.15) is 6.42 Å². The Morgan fingerprint density at radius 3 is 2.79 bits per heavy atom. The van der Waals surface area contributed by atoms with E-state index in [1.54, 1.807) is 12.1 Å². The third-order valence-electron chi connectivity index (χ3n) is 2.81. The molecule has 1 aromatic rings. The van der Waals surface area contributed by atoms with E-state index in [4.69, 9.17) is 4.74 Å². The number of ether oxygens (including phenoxy) is 1. The number of methoxy groups -OCH3 is 1. The van der Waals surface area contributed by atoms with Gasteiger partial charge in [-0.2, -0.15) is 0 Å². The molecule has 0 spiro atoms. The molecule has 1 atom stereocenters. The Morgan fingerprint density at radius 1 is 1.47 bits per heavy atom. The minimum Gasteiger partial charge on any atom is -0.497 e. The van der Waals surface area contributed by atoms with Gasteiger partial charge >= 0.3 is 0 Å². The average Bonchev–Trinajstić information content (AvgIpc) is 2.81. The normalized spacial score (nSPS) is 18.9. The summed E-state index contributed by atoms with van der Waals surface area (Å²) in [6.07, 6.45) is 0.806. The fraction of sp³-hybridized carbons (Fsp3) is 0.455. The Morgan fingerprint density at radius 2 is 2.21 bits per heavy atom.